The zero-order chi connectivity index (χ0) is 32.4. The van der Waals surface area contributed by atoms with Crippen molar-refractivity contribution in [1.82, 2.24) is 14.5 Å². The molecular formula is C25H26F7N3O7S. The molecule has 18 heteroatoms. The predicted octanol–water partition coefficient (Wildman–Crippen LogP) is 4.55. The Hall–Kier alpha value is -3.80. The number of sulfonamides is 1. The fourth-order valence-corrected chi connectivity index (χ4v) is 5.45. The van der Waals surface area contributed by atoms with E-state index >= 15 is 0 Å². The van der Waals surface area contributed by atoms with Crippen molar-refractivity contribution in [3.05, 3.63) is 53.8 Å². The normalized spacial score (nSPS) is 16.9. The molecule has 1 saturated heterocycles. The number of nitrogens with one attached hydrogen (secondary N) is 1. The Morgan fingerprint density at radius 1 is 0.930 bits per heavy atom. The third kappa shape index (κ3) is 9.60. The molecule has 1 heterocycles. The fourth-order valence-electron chi connectivity index (χ4n) is 3.88. The number of rotatable bonds is 7. The molecule has 0 aliphatic carbocycles. The second-order valence-electron chi connectivity index (χ2n) is 10.1. The van der Waals surface area contributed by atoms with E-state index < -0.39 is 88.2 Å². The van der Waals surface area contributed by atoms with Crippen LogP contribution in [0.3, 0.4) is 0 Å². The summed E-state index contributed by atoms with van der Waals surface area (Å²) in [6, 6.07) is 4.05. The monoisotopic (exact) mass is 645 g/mol. The summed E-state index contributed by atoms with van der Waals surface area (Å²) in [6.07, 6.45) is -11.0. The molecular weight excluding hydrogens is 619 g/mol. The summed E-state index contributed by atoms with van der Waals surface area (Å²) in [5.74, 6) is -4.13. The van der Waals surface area contributed by atoms with Crippen LogP contribution in [0.25, 0.3) is 0 Å². The molecule has 1 N–H and O–H groups in total. The van der Waals surface area contributed by atoms with Crippen LogP contribution in [-0.4, -0.2) is 73.6 Å². The maximum Gasteiger partial charge on any atom is 0.573 e. The first kappa shape index (κ1) is 33.7. The summed E-state index contributed by atoms with van der Waals surface area (Å²) in [6.45, 7) is 3.19. The van der Waals surface area contributed by atoms with Crippen LogP contribution < -0.4 is 14.8 Å². The van der Waals surface area contributed by atoms with E-state index in [0.29, 0.717) is 12.1 Å². The summed E-state index contributed by atoms with van der Waals surface area (Å²) < 4.78 is 129. The third-order valence-electron chi connectivity index (χ3n) is 5.64. The molecule has 2 aromatic carbocycles. The molecule has 0 unspecified atom stereocenters. The van der Waals surface area contributed by atoms with Crippen LogP contribution in [-0.2, 0) is 26.1 Å². The van der Waals surface area contributed by atoms with Gasteiger partial charge in [-0.2, -0.15) is 4.31 Å². The number of hydrogen-bond acceptors (Lipinski definition) is 7. The molecule has 1 fully saturated rings. The molecule has 1 aliphatic rings. The van der Waals surface area contributed by atoms with E-state index in [1.165, 1.54) is 0 Å². The number of amides is 2. The van der Waals surface area contributed by atoms with Gasteiger partial charge in [0.15, 0.2) is 11.6 Å². The first-order valence-corrected chi connectivity index (χ1v) is 13.8. The van der Waals surface area contributed by atoms with E-state index in [-0.39, 0.29) is 12.1 Å². The van der Waals surface area contributed by atoms with Crippen molar-refractivity contribution in [3.63, 3.8) is 0 Å². The Labute approximate surface area is 241 Å². The Bertz CT molecular complexity index is 1430. The zero-order valence-corrected chi connectivity index (χ0v) is 23.6. The summed E-state index contributed by atoms with van der Waals surface area (Å²) in [4.78, 5) is 26.5. The molecule has 0 aromatic heterocycles. The molecule has 0 radical (unpaired) electrons. The lowest BCUT2D eigenvalue weighted by atomic mass is 10.1. The predicted molar refractivity (Wildman–Crippen MR) is 134 cm³/mol. The van der Waals surface area contributed by atoms with Crippen molar-refractivity contribution < 1.29 is 63.0 Å². The van der Waals surface area contributed by atoms with Crippen molar-refractivity contribution in [2.24, 2.45) is 0 Å². The quantitative estimate of drug-likeness (QED) is 0.440. The molecule has 2 aromatic rings. The van der Waals surface area contributed by atoms with Gasteiger partial charge in [0.2, 0.25) is 15.9 Å². The lowest BCUT2D eigenvalue weighted by Crippen LogP contribution is -2.61. The van der Waals surface area contributed by atoms with E-state index in [0.717, 1.165) is 39.5 Å². The fraction of sp³-hybridized carbons (Fsp3) is 0.440. The van der Waals surface area contributed by atoms with Gasteiger partial charge in [0.05, 0.1) is 4.90 Å². The smallest absolute Gasteiger partial charge is 0.444 e. The minimum absolute atomic E-state index is 0.00478. The van der Waals surface area contributed by atoms with Gasteiger partial charge in [-0.05, 0) is 62.7 Å². The van der Waals surface area contributed by atoms with Crippen LogP contribution in [0.2, 0.25) is 0 Å². The highest BCUT2D eigenvalue weighted by Crippen LogP contribution is 2.28. The van der Waals surface area contributed by atoms with Gasteiger partial charge in [0.1, 0.15) is 17.4 Å². The second kappa shape index (κ2) is 12.4. The molecule has 2 amide bonds. The number of nitrogens with zero attached hydrogens (tertiary/aromatic N) is 2. The Morgan fingerprint density at radius 3 is 2.07 bits per heavy atom. The van der Waals surface area contributed by atoms with Gasteiger partial charge in [-0.3, -0.25) is 4.79 Å². The molecule has 0 saturated carbocycles. The van der Waals surface area contributed by atoms with E-state index in [4.69, 9.17) is 4.74 Å². The second-order valence-corrected chi connectivity index (χ2v) is 12.0. The topological polar surface area (TPSA) is 114 Å². The Morgan fingerprint density at radius 2 is 1.53 bits per heavy atom. The molecule has 0 bridgehead atoms. The van der Waals surface area contributed by atoms with Crippen LogP contribution in [0.1, 0.15) is 26.3 Å². The largest absolute Gasteiger partial charge is 0.573 e. The van der Waals surface area contributed by atoms with Crippen molar-refractivity contribution >= 4 is 22.0 Å². The summed E-state index contributed by atoms with van der Waals surface area (Å²) in [7, 11) is -4.54. The Kier molecular flexibility index (Phi) is 9.75. The van der Waals surface area contributed by atoms with E-state index in [2.05, 4.69) is 14.8 Å². The molecule has 43 heavy (non-hydrogen) atoms. The number of benzene rings is 2. The zero-order valence-electron chi connectivity index (χ0n) is 22.8. The van der Waals surface area contributed by atoms with Gasteiger partial charge in [-0.15, -0.1) is 26.3 Å². The van der Waals surface area contributed by atoms with Crippen LogP contribution in [0.5, 0.6) is 11.5 Å². The van der Waals surface area contributed by atoms with Gasteiger partial charge in [-0.25, -0.2) is 17.6 Å². The summed E-state index contributed by atoms with van der Waals surface area (Å²) >= 11 is 0. The first-order valence-electron chi connectivity index (χ1n) is 12.3. The highest BCUT2D eigenvalue weighted by molar-refractivity contribution is 7.89. The average Bonchev–Trinajstić information content (AvgIpc) is 2.86. The van der Waals surface area contributed by atoms with Crippen molar-refractivity contribution in [1.29, 1.82) is 0 Å². The standard InChI is InChI=1S/C25H26F7N3O7S/c1-23(2,3)42-22(37)34-10-11-35(43(38,39)17-7-5-16(6-8-17)40-24(27,28)29)19(14-34)21(36)33-13-15-4-9-20(18(26)12-15)41-25(30,31)32/h4-9,12,19H,10-11,13-14H2,1-3H3,(H,33,36)/t19-/m1/s1. The lowest BCUT2D eigenvalue weighted by molar-refractivity contribution is -0.276. The summed E-state index contributed by atoms with van der Waals surface area (Å²) in [5.41, 5.74) is -0.931. The SMILES string of the molecule is CC(C)(C)OC(=O)N1CCN(S(=O)(=O)c2ccc(OC(F)(F)F)cc2)[C@@H](C(=O)NCc2ccc(OC(F)(F)F)c(F)c2)C1. The van der Waals surface area contributed by atoms with Crippen LogP contribution >= 0.6 is 0 Å². The van der Waals surface area contributed by atoms with Crippen molar-refractivity contribution in [2.75, 3.05) is 19.6 Å². The van der Waals surface area contributed by atoms with Crippen molar-refractivity contribution in [3.8, 4) is 11.5 Å². The van der Waals surface area contributed by atoms with Crippen LogP contribution in [0, 0.1) is 5.82 Å². The average molecular weight is 646 g/mol. The molecule has 3 rings (SSSR count). The van der Waals surface area contributed by atoms with Crippen LogP contribution in [0.15, 0.2) is 47.4 Å². The van der Waals surface area contributed by atoms with Gasteiger partial charge < -0.3 is 24.4 Å². The van der Waals surface area contributed by atoms with E-state index in [9.17, 15) is 48.7 Å². The molecule has 238 valence electrons. The maximum absolute atomic E-state index is 14.1. The highest BCUT2D eigenvalue weighted by Gasteiger charge is 2.42. The molecule has 1 aliphatic heterocycles. The number of alkyl halides is 6. The Balaban J connectivity index is 1.84. The number of piperazine rings is 1. The third-order valence-corrected chi connectivity index (χ3v) is 7.56. The summed E-state index contributed by atoms with van der Waals surface area (Å²) in [5, 5.41) is 2.36. The molecule has 1 atom stereocenters. The van der Waals surface area contributed by atoms with Crippen LogP contribution in [0.4, 0.5) is 35.5 Å². The highest BCUT2D eigenvalue weighted by atomic mass is 32.2. The first-order chi connectivity index (χ1) is 19.6. The van der Waals surface area contributed by atoms with E-state index in [1.807, 2.05) is 0 Å². The number of ether oxygens (including phenoxy) is 3. The lowest BCUT2D eigenvalue weighted by Gasteiger charge is -2.39. The minimum Gasteiger partial charge on any atom is -0.444 e. The van der Waals surface area contributed by atoms with Gasteiger partial charge in [-0.1, -0.05) is 6.07 Å². The number of carbonyl (C=O) groups excluding carboxylic acids is 2. The number of hydrogen-bond donors (Lipinski definition) is 1. The molecule has 0 spiro atoms. The molecule has 10 nitrogen and oxygen atoms in total. The number of carbonyl (C=O) groups is 2. The van der Waals surface area contributed by atoms with Gasteiger partial charge in [0.25, 0.3) is 0 Å². The minimum atomic E-state index is -5.14. The van der Waals surface area contributed by atoms with E-state index in [1.54, 1.807) is 20.8 Å². The maximum atomic E-state index is 14.1. The van der Waals surface area contributed by atoms with Crippen molar-refractivity contribution in [2.45, 2.75) is 56.6 Å². The van der Waals surface area contributed by atoms with Gasteiger partial charge in [0, 0.05) is 26.2 Å². The van der Waals surface area contributed by atoms with Gasteiger partial charge >= 0.3 is 18.8 Å². The number of halogens is 7.